The quantitative estimate of drug-likeness (QED) is 0.171. The number of hydrogen-bond donors (Lipinski definition) is 0. The maximum atomic E-state index is 5.93. The Balaban J connectivity index is 1.28. The molecule has 0 saturated heterocycles. The van der Waals surface area contributed by atoms with Crippen molar-refractivity contribution in [2.75, 3.05) is 34.4 Å². The maximum Gasteiger partial charge on any atom is 0.123 e. The van der Waals surface area contributed by atoms with Gasteiger partial charge in [-0.15, -0.1) is 0 Å². The van der Waals surface area contributed by atoms with E-state index in [9.17, 15) is 0 Å². The van der Waals surface area contributed by atoms with Crippen molar-refractivity contribution in [2.24, 2.45) is 0 Å². The third-order valence-corrected chi connectivity index (χ3v) is 5.97. The first kappa shape index (κ1) is 26.4. The summed E-state index contributed by atoms with van der Waals surface area (Å²) in [6.07, 6.45) is 10.2. The van der Waals surface area contributed by atoms with Gasteiger partial charge in [-0.1, -0.05) is 73.9 Å². The molecule has 0 fully saturated rings. The molecule has 0 bridgehead atoms. The second-order valence-corrected chi connectivity index (χ2v) is 8.89. The Hall–Kier alpha value is -3.24. The first-order chi connectivity index (χ1) is 17.2. The second kappa shape index (κ2) is 14.9. The normalized spacial score (nSPS) is 11.2. The zero-order chi connectivity index (χ0) is 24.7. The van der Waals surface area contributed by atoms with E-state index in [-0.39, 0.29) is 0 Å². The van der Waals surface area contributed by atoms with E-state index in [2.05, 4.69) is 66.6 Å². The lowest BCUT2D eigenvalue weighted by Gasteiger charge is -2.16. The number of methoxy groups -OCH3 is 2. The monoisotopic (exact) mass is 473 g/mol. The molecule has 3 aromatic carbocycles. The Kier molecular flexibility index (Phi) is 11.2. The average Bonchev–Trinajstić information content (AvgIpc) is 2.90. The zero-order valence-corrected chi connectivity index (χ0v) is 21.4. The zero-order valence-electron chi connectivity index (χ0n) is 21.4. The van der Waals surface area contributed by atoms with Gasteiger partial charge in [-0.05, 0) is 67.4 Å². The van der Waals surface area contributed by atoms with Crippen LogP contribution < -0.4 is 14.2 Å². The molecule has 0 spiro atoms. The van der Waals surface area contributed by atoms with Gasteiger partial charge >= 0.3 is 0 Å². The van der Waals surface area contributed by atoms with Gasteiger partial charge in [0.25, 0.3) is 0 Å². The van der Waals surface area contributed by atoms with E-state index >= 15 is 0 Å². The van der Waals surface area contributed by atoms with Gasteiger partial charge in [0.1, 0.15) is 17.2 Å². The van der Waals surface area contributed by atoms with Gasteiger partial charge in [-0.2, -0.15) is 0 Å². The van der Waals surface area contributed by atoms with Crippen LogP contribution in [0.2, 0.25) is 0 Å². The number of hydrogen-bond acceptors (Lipinski definition) is 4. The van der Waals surface area contributed by atoms with Crippen LogP contribution >= 0.6 is 0 Å². The summed E-state index contributed by atoms with van der Waals surface area (Å²) in [5.74, 6) is 2.49. The summed E-state index contributed by atoms with van der Waals surface area (Å²) in [5.41, 5.74) is 3.54. The topological polar surface area (TPSA) is 30.9 Å². The minimum absolute atomic E-state index is 0.771. The third-order valence-electron chi connectivity index (χ3n) is 5.97. The Morgan fingerprint density at radius 3 is 1.97 bits per heavy atom. The van der Waals surface area contributed by atoms with Gasteiger partial charge in [0, 0.05) is 12.6 Å². The fourth-order valence-electron chi connectivity index (χ4n) is 3.97. The fourth-order valence-corrected chi connectivity index (χ4v) is 3.97. The number of ether oxygens (including phenoxy) is 3. The van der Waals surface area contributed by atoms with Crippen LogP contribution in [-0.2, 0) is 6.54 Å². The van der Waals surface area contributed by atoms with E-state index in [1.807, 2.05) is 30.3 Å². The molecule has 3 aromatic rings. The molecule has 4 heteroatoms. The van der Waals surface area contributed by atoms with Crippen molar-refractivity contribution in [3.8, 4) is 17.2 Å². The lowest BCUT2D eigenvalue weighted by atomic mass is 10.1. The standard InChI is InChI=1S/C31H39NO3/c1-32(25-27-12-8-7-9-13-27)20-10-5-4-6-11-21-35-29-18-16-26(17-19-29)14-15-28-22-30(33-2)24-31(23-28)34-3/h7-9,12-19,22-24H,4-6,10-11,20-21,25H2,1-3H3/b15-14+. The van der Waals surface area contributed by atoms with Gasteiger partial charge in [0.15, 0.2) is 0 Å². The summed E-state index contributed by atoms with van der Waals surface area (Å²) in [6.45, 7) is 2.95. The van der Waals surface area contributed by atoms with Crippen molar-refractivity contribution >= 4 is 12.2 Å². The summed E-state index contributed by atoms with van der Waals surface area (Å²) in [5, 5.41) is 0. The van der Waals surface area contributed by atoms with Crippen molar-refractivity contribution in [3.05, 3.63) is 89.5 Å². The van der Waals surface area contributed by atoms with Gasteiger partial charge in [-0.25, -0.2) is 0 Å². The molecule has 0 atom stereocenters. The highest BCUT2D eigenvalue weighted by Crippen LogP contribution is 2.24. The SMILES string of the molecule is COc1cc(/C=C/c2ccc(OCCCCCCCN(C)Cc3ccccc3)cc2)cc(OC)c1. The molecule has 0 radical (unpaired) electrons. The van der Waals surface area contributed by atoms with Crippen LogP contribution in [-0.4, -0.2) is 39.3 Å². The van der Waals surface area contributed by atoms with E-state index in [1.165, 1.54) is 31.2 Å². The summed E-state index contributed by atoms with van der Waals surface area (Å²) in [6, 6.07) is 24.8. The molecular formula is C31H39NO3. The van der Waals surface area contributed by atoms with Gasteiger partial charge in [0.05, 0.1) is 20.8 Å². The summed E-state index contributed by atoms with van der Waals surface area (Å²) in [4.78, 5) is 2.41. The fraction of sp³-hybridized carbons (Fsp3) is 0.355. The summed E-state index contributed by atoms with van der Waals surface area (Å²) in [7, 11) is 5.53. The molecule has 0 unspecified atom stereocenters. The molecule has 4 nitrogen and oxygen atoms in total. The van der Waals surface area contributed by atoms with Gasteiger partial charge < -0.3 is 19.1 Å². The molecular weight excluding hydrogens is 434 g/mol. The Morgan fingerprint density at radius 2 is 1.29 bits per heavy atom. The average molecular weight is 474 g/mol. The first-order valence-electron chi connectivity index (χ1n) is 12.5. The van der Waals surface area contributed by atoms with Gasteiger partial charge in [-0.3, -0.25) is 0 Å². The number of rotatable bonds is 15. The molecule has 0 saturated carbocycles. The maximum absolute atomic E-state index is 5.93. The minimum atomic E-state index is 0.771. The van der Waals surface area contributed by atoms with E-state index in [0.29, 0.717) is 0 Å². The van der Waals surface area contributed by atoms with Crippen molar-refractivity contribution in [2.45, 2.75) is 38.6 Å². The van der Waals surface area contributed by atoms with Crippen LogP contribution in [0.4, 0.5) is 0 Å². The van der Waals surface area contributed by atoms with Crippen molar-refractivity contribution in [1.29, 1.82) is 0 Å². The lowest BCUT2D eigenvalue weighted by Crippen LogP contribution is -2.18. The molecule has 0 aromatic heterocycles. The molecule has 0 N–H and O–H groups in total. The van der Waals surface area contributed by atoms with E-state index < -0.39 is 0 Å². The second-order valence-electron chi connectivity index (χ2n) is 8.89. The van der Waals surface area contributed by atoms with Crippen LogP contribution in [0.15, 0.2) is 72.8 Å². The smallest absolute Gasteiger partial charge is 0.123 e. The molecule has 3 rings (SSSR count). The van der Waals surface area contributed by atoms with Crippen LogP contribution in [0.3, 0.4) is 0 Å². The highest BCUT2D eigenvalue weighted by Gasteiger charge is 2.01. The molecule has 0 amide bonds. The van der Waals surface area contributed by atoms with Crippen molar-refractivity contribution in [1.82, 2.24) is 4.90 Å². The summed E-state index contributed by atoms with van der Waals surface area (Å²) >= 11 is 0. The third kappa shape index (κ3) is 9.87. The number of benzene rings is 3. The predicted octanol–water partition coefficient (Wildman–Crippen LogP) is 7.34. The molecule has 0 aliphatic rings. The van der Waals surface area contributed by atoms with E-state index in [1.54, 1.807) is 14.2 Å². The molecule has 35 heavy (non-hydrogen) atoms. The Labute approximate surface area is 211 Å². The minimum Gasteiger partial charge on any atom is -0.497 e. The van der Waals surface area contributed by atoms with E-state index in [0.717, 1.165) is 54.5 Å². The lowest BCUT2D eigenvalue weighted by molar-refractivity contribution is 0.298. The van der Waals surface area contributed by atoms with Crippen molar-refractivity contribution in [3.63, 3.8) is 0 Å². The predicted molar refractivity (Wildman–Crippen MR) is 146 cm³/mol. The van der Waals surface area contributed by atoms with Crippen LogP contribution in [0, 0.1) is 0 Å². The number of unbranched alkanes of at least 4 members (excludes halogenated alkanes) is 4. The summed E-state index contributed by atoms with van der Waals surface area (Å²) < 4.78 is 16.6. The highest BCUT2D eigenvalue weighted by atomic mass is 16.5. The van der Waals surface area contributed by atoms with Crippen LogP contribution in [0.5, 0.6) is 17.2 Å². The Morgan fingerprint density at radius 1 is 0.657 bits per heavy atom. The van der Waals surface area contributed by atoms with Crippen molar-refractivity contribution < 1.29 is 14.2 Å². The number of nitrogens with zero attached hydrogens (tertiary/aromatic N) is 1. The largest absolute Gasteiger partial charge is 0.497 e. The molecule has 0 aliphatic heterocycles. The first-order valence-corrected chi connectivity index (χ1v) is 12.5. The molecule has 186 valence electrons. The van der Waals surface area contributed by atoms with E-state index in [4.69, 9.17) is 14.2 Å². The highest BCUT2D eigenvalue weighted by molar-refractivity contribution is 5.71. The molecule has 0 aliphatic carbocycles. The molecule has 0 heterocycles. The Bertz CT molecular complexity index is 993. The van der Waals surface area contributed by atoms with Crippen LogP contribution in [0.25, 0.3) is 12.2 Å². The van der Waals surface area contributed by atoms with Crippen LogP contribution in [0.1, 0.15) is 48.8 Å². The van der Waals surface area contributed by atoms with Gasteiger partial charge in [0.2, 0.25) is 0 Å².